The van der Waals surface area contributed by atoms with Gasteiger partial charge in [0.05, 0.1) is 32.0 Å². The fourth-order valence-corrected chi connectivity index (χ4v) is 9.42. The lowest BCUT2D eigenvalue weighted by Gasteiger charge is -2.43. The van der Waals surface area contributed by atoms with Gasteiger partial charge >= 0.3 is 0 Å². The van der Waals surface area contributed by atoms with Gasteiger partial charge in [-0.3, -0.25) is 4.79 Å². The zero-order valence-electron chi connectivity index (χ0n) is 42.3. The van der Waals surface area contributed by atoms with E-state index >= 15 is 0 Å². The predicted octanol–water partition coefficient (Wildman–Crippen LogP) is 5.72. The molecular formula is C52H101NO15. The number of ether oxygens (including phenoxy) is 4. The van der Waals surface area contributed by atoms with E-state index in [1.54, 1.807) is 0 Å². The van der Waals surface area contributed by atoms with Crippen LogP contribution in [0.25, 0.3) is 0 Å². The fourth-order valence-electron chi connectivity index (χ4n) is 9.42. The number of hydrogen-bond acceptors (Lipinski definition) is 15. The highest BCUT2D eigenvalue weighted by Gasteiger charge is 2.52. The first-order valence-electron chi connectivity index (χ1n) is 27.5. The van der Waals surface area contributed by atoms with Crippen molar-refractivity contribution in [3.63, 3.8) is 0 Å². The quantitative estimate of drug-likeness (QED) is 0.0326. The highest BCUT2D eigenvalue weighted by atomic mass is 16.7. The Hall–Kier alpha value is -1.09. The van der Waals surface area contributed by atoms with E-state index in [1.165, 1.54) is 135 Å². The van der Waals surface area contributed by atoms with Gasteiger partial charge in [-0.15, -0.1) is 0 Å². The van der Waals surface area contributed by atoms with Gasteiger partial charge in [-0.1, -0.05) is 206 Å². The van der Waals surface area contributed by atoms with Gasteiger partial charge in [-0.05, 0) is 12.8 Å². The van der Waals surface area contributed by atoms with Crippen LogP contribution in [-0.2, 0) is 23.7 Å². The van der Waals surface area contributed by atoms with Gasteiger partial charge in [0.2, 0.25) is 5.91 Å². The van der Waals surface area contributed by atoms with Crippen LogP contribution in [-0.4, -0.2) is 163 Å². The average molecular weight is 980 g/mol. The smallest absolute Gasteiger partial charge is 0.249 e. The number of nitrogens with one attached hydrogen (secondary N) is 1. The molecule has 2 saturated heterocycles. The molecule has 0 aromatic heterocycles. The molecule has 0 aliphatic carbocycles. The highest BCUT2D eigenvalue weighted by Crippen LogP contribution is 2.31. The van der Waals surface area contributed by atoms with Crippen molar-refractivity contribution in [3.05, 3.63) is 0 Å². The summed E-state index contributed by atoms with van der Waals surface area (Å²) in [5, 5.41) is 109. The molecule has 11 N–H and O–H groups in total. The molecule has 14 unspecified atom stereocenters. The molecule has 0 aromatic rings. The molecule has 1 amide bonds. The molecule has 2 heterocycles. The molecule has 14 atom stereocenters. The number of carbonyl (C=O) groups excluding carboxylic acids is 1. The van der Waals surface area contributed by atoms with Crippen molar-refractivity contribution in [1.29, 1.82) is 0 Å². The molecule has 0 bridgehead atoms. The largest absolute Gasteiger partial charge is 0.394 e. The Balaban J connectivity index is 1.90. The van der Waals surface area contributed by atoms with E-state index in [0.717, 1.165) is 44.9 Å². The minimum atomic E-state index is -1.82. The monoisotopic (exact) mass is 980 g/mol. The Morgan fingerprint density at radius 3 is 1.38 bits per heavy atom. The zero-order chi connectivity index (χ0) is 49.9. The van der Waals surface area contributed by atoms with Gasteiger partial charge in [0.1, 0.15) is 61.0 Å². The molecule has 68 heavy (non-hydrogen) atoms. The van der Waals surface area contributed by atoms with E-state index in [4.69, 9.17) is 18.9 Å². The van der Waals surface area contributed by atoms with Crippen molar-refractivity contribution >= 4 is 5.91 Å². The Kier molecular flexibility index (Phi) is 36.6. The fraction of sp³-hybridized carbons (Fsp3) is 0.981. The van der Waals surface area contributed by atoms with Gasteiger partial charge in [-0.25, -0.2) is 0 Å². The topological polar surface area (TPSA) is 268 Å². The molecule has 0 aromatic carbocycles. The number of amides is 1. The summed E-state index contributed by atoms with van der Waals surface area (Å²) < 4.78 is 22.6. The third kappa shape index (κ3) is 25.5. The molecule has 2 fully saturated rings. The molecule has 2 aliphatic rings. The van der Waals surface area contributed by atoms with Crippen molar-refractivity contribution < 1.29 is 74.8 Å². The molecular weight excluding hydrogens is 879 g/mol. The lowest BCUT2D eigenvalue weighted by molar-refractivity contribution is -0.332. The second kappa shape index (κ2) is 39.4. The SMILES string of the molecule is CCCCCCCCCCCCCCCCCCC(O)C(=O)NC(COC1OC(CO)C(O)C(OC2OC(C(O)CO)C(O)C2O)C1O)C(O)C(O)CCCCCCCCCCCCCCCC. The summed E-state index contributed by atoms with van der Waals surface area (Å²) in [5.41, 5.74) is 0. The maximum Gasteiger partial charge on any atom is 0.249 e. The number of rotatable bonds is 44. The third-order valence-corrected chi connectivity index (χ3v) is 14.0. The van der Waals surface area contributed by atoms with E-state index in [-0.39, 0.29) is 12.8 Å². The zero-order valence-corrected chi connectivity index (χ0v) is 42.3. The van der Waals surface area contributed by atoms with Gasteiger partial charge in [0.15, 0.2) is 12.6 Å². The van der Waals surface area contributed by atoms with E-state index in [0.29, 0.717) is 12.8 Å². The van der Waals surface area contributed by atoms with Crippen LogP contribution in [0.4, 0.5) is 0 Å². The van der Waals surface area contributed by atoms with Crippen LogP contribution < -0.4 is 5.32 Å². The van der Waals surface area contributed by atoms with Crippen molar-refractivity contribution in [2.75, 3.05) is 19.8 Å². The van der Waals surface area contributed by atoms with Crippen molar-refractivity contribution in [3.8, 4) is 0 Å². The van der Waals surface area contributed by atoms with Crippen LogP contribution in [0.2, 0.25) is 0 Å². The second-order valence-electron chi connectivity index (χ2n) is 20.0. The highest BCUT2D eigenvalue weighted by molar-refractivity contribution is 5.80. The summed E-state index contributed by atoms with van der Waals surface area (Å²) in [6.45, 7) is 2.39. The number of hydrogen-bond donors (Lipinski definition) is 11. The first kappa shape index (κ1) is 63.0. The maximum atomic E-state index is 13.4. The second-order valence-corrected chi connectivity index (χ2v) is 20.0. The van der Waals surface area contributed by atoms with Crippen molar-refractivity contribution in [2.24, 2.45) is 0 Å². The van der Waals surface area contributed by atoms with Gasteiger partial charge in [0.25, 0.3) is 0 Å². The summed E-state index contributed by atoms with van der Waals surface area (Å²) in [6.07, 6.45) is 15.5. The van der Waals surface area contributed by atoms with E-state index in [2.05, 4.69) is 19.2 Å². The standard InChI is InChI=1S/C52H101NO15/c1-3-5-7-9-11-13-15-17-19-20-22-24-26-28-30-32-34-40(57)50(64)53-38(43(59)39(56)33-31-29-27-25-23-21-18-16-14-12-10-8-6-4-2)37-65-51-47(63)49(44(60)42(36-55)66-51)68-52-46(62)45(61)48(67-52)41(58)35-54/h38-49,51-52,54-63H,3-37H2,1-2H3,(H,53,64). The predicted molar refractivity (Wildman–Crippen MR) is 261 cm³/mol. The van der Waals surface area contributed by atoms with Crippen molar-refractivity contribution in [2.45, 2.75) is 305 Å². The van der Waals surface area contributed by atoms with Crippen LogP contribution in [0.5, 0.6) is 0 Å². The Bertz CT molecular complexity index is 1190. The molecule has 2 rings (SSSR count). The minimum Gasteiger partial charge on any atom is -0.394 e. The van der Waals surface area contributed by atoms with Crippen LogP contribution in [0.3, 0.4) is 0 Å². The van der Waals surface area contributed by atoms with Crippen molar-refractivity contribution in [1.82, 2.24) is 5.32 Å². The minimum absolute atomic E-state index is 0.203. The lowest BCUT2D eigenvalue weighted by atomic mass is 9.98. The Morgan fingerprint density at radius 2 is 0.956 bits per heavy atom. The van der Waals surface area contributed by atoms with E-state index in [9.17, 15) is 55.9 Å². The van der Waals surface area contributed by atoms with Crippen LogP contribution in [0.1, 0.15) is 219 Å². The summed E-state index contributed by atoms with van der Waals surface area (Å²) in [7, 11) is 0. The molecule has 404 valence electrons. The first-order valence-corrected chi connectivity index (χ1v) is 27.5. The summed E-state index contributed by atoms with van der Waals surface area (Å²) in [5.74, 6) is -0.761. The van der Waals surface area contributed by atoms with Gasteiger partial charge in [0, 0.05) is 0 Å². The van der Waals surface area contributed by atoms with E-state index < -0.39 is 111 Å². The number of aliphatic hydroxyl groups excluding tert-OH is 10. The first-order chi connectivity index (χ1) is 32.9. The number of unbranched alkanes of at least 4 members (excludes halogenated alkanes) is 28. The molecule has 0 radical (unpaired) electrons. The summed E-state index contributed by atoms with van der Waals surface area (Å²) in [6, 6.07) is -1.28. The average Bonchev–Trinajstić information content (AvgIpc) is 3.62. The van der Waals surface area contributed by atoms with Crippen LogP contribution >= 0.6 is 0 Å². The number of carbonyl (C=O) groups is 1. The van der Waals surface area contributed by atoms with Crippen LogP contribution in [0.15, 0.2) is 0 Å². The van der Waals surface area contributed by atoms with Crippen LogP contribution in [0, 0.1) is 0 Å². The maximum absolute atomic E-state index is 13.4. The summed E-state index contributed by atoms with van der Waals surface area (Å²) in [4.78, 5) is 13.4. The third-order valence-electron chi connectivity index (χ3n) is 14.0. The molecule has 16 nitrogen and oxygen atoms in total. The molecule has 2 aliphatic heterocycles. The number of aliphatic hydroxyl groups is 10. The summed E-state index contributed by atoms with van der Waals surface area (Å²) >= 11 is 0. The van der Waals surface area contributed by atoms with Gasteiger partial charge in [-0.2, -0.15) is 0 Å². The molecule has 0 spiro atoms. The lowest BCUT2D eigenvalue weighted by Crippen LogP contribution is -2.62. The normalized spacial score (nSPS) is 26.4. The molecule has 16 heteroatoms. The Labute approximate surface area is 409 Å². The van der Waals surface area contributed by atoms with E-state index in [1.807, 2.05) is 0 Å². The van der Waals surface area contributed by atoms with Gasteiger partial charge < -0.3 is 75.3 Å². The Morgan fingerprint density at radius 1 is 0.529 bits per heavy atom. The molecule has 0 saturated carbocycles.